The quantitative estimate of drug-likeness (QED) is 0.602. The van der Waals surface area contributed by atoms with Crippen molar-refractivity contribution in [3.63, 3.8) is 0 Å². The Balaban J connectivity index is 2.22. The van der Waals surface area contributed by atoms with Gasteiger partial charge in [0.05, 0.1) is 0 Å². The number of carbonyl (C=O) groups is 1. The molecular formula is C8H16N2O. The van der Waals surface area contributed by atoms with Crippen LogP contribution in [0.5, 0.6) is 0 Å². The Bertz CT molecular complexity index is 135. The summed E-state index contributed by atoms with van der Waals surface area (Å²) in [5, 5.41) is 6.22. The number of nitrogens with one attached hydrogen (secondary N) is 2. The van der Waals surface area contributed by atoms with Crippen LogP contribution in [-0.2, 0) is 4.79 Å². The van der Waals surface area contributed by atoms with Gasteiger partial charge in [-0.2, -0.15) is 0 Å². The van der Waals surface area contributed by atoms with Gasteiger partial charge in [-0.1, -0.05) is 13.8 Å². The van der Waals surface area contributed by atoms with Gasteiger partial charge >= 0.3 is 0 Å². The first kappa shape index (κ1) is 8.53. The van der Waals surface area contributed by atoms with E-state index in [0.29, 0.717) is 18.5 Å². The lowest BCUT2D eigenvalue weighted by atomic mass is 10.1. The lowest BCUT2D eigenvalue weighted by Crippen LogP contribution is -2.47. The summed E-state index contributed by atoms with van der Waals surface area (Å²) in [5.41, 5.74) is 0. The second-order valence-corrected chi connectivity index (χ2v) is 3.36. The topological polar surface area (TPSA) is 41.1 Å². The van der Waals surface area contributed by atoms with Crippen LogP contribution in [0.1, 0.15) is 26.7 Å². The third-order valence-electron chi connectivity index (χ3n) is 1.83. The van der Waals surface area contributed by atoms with E-state index in [-0.39, 0.29) is 5.91 Å². The van der Waals surface area contributed by atoms with E-state index in [1.54, 1.807) is 0 Å². The van der Waals surface area contributed by atoms with E-state index in [1.807, 2.05) is 0 Å². The molecule has 64 valence electrons. The van der Waals surface area contributed by atoms with E-state index >= 15 is 0 Å². The van der Waals surface area contributed by atoms with Crippen LogP contribution in [-0.4, -0.2) is 24.5 Å². The van der Waals surface area contributed by atoms with Gasteiger partial charge in [-0.25, -0.2) is 0 Å². The highest BCUT2D eigenvalue weighted by Crippen LogP contribution is 2.02. The smallest absolute Gasteiger partial charge is 0.220 e. The second kappa shape index (κ2) is 3.72. The molecule has 3 heteroatoms. The average Bonchev–Trinajstić information content (AvgIpc) is 1.93. The zero-order valence-corrected chi connectivity index (χ0v) is 7.18. The van der Waals surface area contributed by atoms with Crippen molar-refractivity contribution in [2.45, 2.75) is 38.8 Å². The van der Waals surface area contributed by atoms with Crippen molar-refractivity contribution in [3.8, 4) is 0 Å². The van der Waals surface area contributed by atoms with Crippen LogP contribution in [0, 0.1) is 0 Å². The van der Waals surface area contributed by atoms with Crippen molar-refractivity contribution in [1.82, 2.24) is 10.6 Å². The Kier molecular flexibility index (Phi) is 2.88. The molecule has 1 rings (SSSR count). The zero-order valence-electron chi connectivity index (χ0n) is 7.18. The number of hydrogen-bond acceptors (Lipinski definition) is 2. The molecule has 0 bridgehead atoms. The minimum atomic E-state index is 0.187. The van der Waals surface area contributed by atoms with Gasteiger partial charge in [-0.3, -0.25) is 4.79 Å². The molecule has 1 saturated heterocycles. The summed E-state index contributed by atoms with van der Waals surface area (Å²) in [5.74, 6) is 0.187. The predicted octanol–water partition coefficient (Wildman–Crippen LogP) is 0.263. The summed E-state index contributed by atoms with van der Waals surface area (Å²) in [6.45, 7) is 5.03. The van der Waals surface area contributed by atoms with Crippen LogP contribution in [0.2, 0.25) is 0 Å². The highest BCUT2D eigenvalue weighted by molar-refractivity contribution is 5.76. The largest absolute Gasteiger partial charge is 0.355 e. The summed E-state index contributed by atoms with van der Waals surface area (Å²) in [6, 6.07) is 0.989. The Morgan fingerprint density at radius 1 is 1.64 bits per heavy atom. The summed E-state index contributed by atoms with van der Waals surface area (Å²) >= 11 is 0. The fourth-order valence-corrected chi connectivity index (χ4v) is 1.35. The molecule has 11 heavy (non-hydrogen) atoms. The van der Waals surface area contributed by atoms with Crippen LogP contribution in [0.25, 0.3) is 0 Å². The molecule has 0 aromatic heterocycles. The normalized spacial score (nSPS) is 25.4. The molecule has 0 aromatic carbocycles. The molecule has 0 aliphatic carbocycles. The van der Waals surface area contributed by atoms with Gasteiger partial charge in [0, 0.05) is 25.0 Å². The molecule has 1 amide bonds. The first-order valence-corrected chi connectivity index (χ1v) is 4.21. The lowest BCUT2D eigenvalue weighted by molar-refractivity contribution is -0.122. The third-order valence-corrected chi connectivity index (χ3v) is 1.83. The van der Waals surface area contributed by atoms with Crippen molar-refractivity contribution in [2.75, 3.05) is 6.54 Å². The number of hydrogen-bond donors (Lipinski definition) is 2. The van der Waals surface area contributed by atoms with Gasteiger partial charge in [0.15, 0.2) is 0 Å². The van der Waals surface area contributed by atoms with E-state index < -0.39 is 0 Å². The van der Waals surface area contributed by atoms with Gasteiger partial charge < -0.3 is 10.6 Å². The molecule has 0 spiro atoms. The SMILES string of the molecule is CC(C)N[C@H]1CCC(=O)NC1. The van der Waals surface area contributed by atoms with Crippen molar-refractivity contribution >= 4 is 5.91 Å². The molecule has 3 nitrogen and oxygen atoms in total. The molecule has 1 aliphatic rings. The minimum Gasteiger partial charge on any atom is -0.355 e. The number of amides is 1. The molecule has 0 radical (unpaired) electrons. The molecule has 0 unspecified atom stereocenters. The van der Waals surface area contributed by atoms with E-state index in [4.69, 9.17) is 0 Å². The molecule has 2 N–H and O–H groups in total. The van der Waals surface area contributed by atoms with Crippen LogP contribution in [0.15, 0.2) is 0 Å². The molecule has 0 aromatic rings. The second-order valence-electron chi connectivity index (χ2n) is 3.36. The van der Waals surface area contributed by atoms with Gasteiger partial charge in [-0.05, 0) is 6.42 Å². The fraction of sp³-hybridized carbons (Fsp3) is 0.875. The maximum absolute atomic E-state index is 10.8. The third kappa shape index (κ3) is 2.89. The Hall–Kier alpha value is -0.570. The van der Waals surface area contributed by atoms with Crippen LogP contribution < -0.4 is 10.6 Å². The summed E-state index contributed by atoms with van der Waals surface area (Å²) in [4.78, 5) is 10.8. The van der Waals surface area contributed by atoms with Crippen LogP contribution in [0.4, 0.5) is 0 Å². The van der Waals surface area contributed by atoms with Gasteiger partial charge in [0.1, 0.15) is 0 Å². The van der Waals surface area contributed by atoms with Gasteiger partial charge in [-0.15, -0.1) is 0 Å². The number of rotatable bonds is 2. The predicted molar refractivity (Wildman–Crippen MR) is 44.3 cm³/mol. The molecule has 0 saturated carbocycles. The standard InChI is InChI=1S/C8H16N2O/c1-6(2)10-7-3-4-8(11)9-5-7/h6-7,10H,3-5H2,1-2H3,(H,9,11)/t7-/m0/s1. The number of piperidine rings is 1. The fourth-order valence-electron chi connectivity index (χ4n) is 1.35. The molecule has 1 atom stereocenters. The van der Waals surface area contributed by atoms with Crippen LogP contribution in [0.3, 0.4) is 0 Å². The van der Waals surface area contributed by atoms with E-state index in [0.717, 1.165) is 13.0 Å². The Labute approximate surface area is 67.5 Å². The maximum atomic E-state index is 10.8. The van der Waals surface area contributed by atoms with Gasteiger partial charge in [0.25, 0.3) is 0 Å². The first-order valence-electron chi connectivity index (χ1n) is 4.21. The highest BCUT2D eigenvalue weighted by Gasteiger charge is 2.17. The van der Waals surface area contributed by atoms with Crippen molar-refractivity contribution in [3.05, 3.63) is 0 Å². The molecule has 1 fully saturated rings. The minimum absolute atomic E-state index is 0.187. The summed E-state index contributed by atoms with van der Waals surface area (Å²) in [6.07, 6.45) is 1.65. The van der Waals surface area contributed by atoms with Gasteiger partial charge in [0.2, 0.25) is 5.91 Å². The summed E-state index contributed by atoms with van der Waals surface area (Å²) in [7, 11) is 0. The molecule has 1 heterocycles. The summed E-state index contributed by atoms with van der Waals surface area (Å²) < 4.78 is 0. The van der Waals surface area contributed by atoms with E-state index in [1.165, 1.54) is 0 Å². The van der Waals surface area contributed by atoms with E-state index in [2.05, 4.69) is 24.5 Å². The van der Waals surface area contributed by atoms with Crippen molar-refractivity contribution in [1.29, 1.82) is 0 Å². The van der Waals surface area contributed by atoms with Crippen molar-refractivity contribution < 1.29 is 4.79 Å². The zero-order chi connectivity index (χ0) is 8.27. The average molecular weight is 156 g/mol. The highest BCUT2D eigenvalue weighted by atomic mass is 16.1. The first-order chi connectivity index (χ1) is 5.18. The molecule has 1 aliphatic heterocycles. The van der Waals surface area contributed by atoms with Crippen molar-refractivity contribution in [2.24, 2.45) is 0 Å². The van der Waals surface area contributed by atoms with Crippen LogP contribution >= 0.6 is 0 Å². The monoisotopic (exact) mass is 156 g/mol. The Morgan fingerprint density at radius 3 is 2.82 bits per heavy atom. The molecular weight excluding hydrogens is 140 g/mol. The lowest BCUT2D eigenvalue weighted by Gasteiger charge is -2.25. The Morgan fingerprint density at radius 2 is 2.36 bits per heavy atom. The maximum Gasteiger partial charge on any atom is 0.220 e. The van der Waals surface area contributed by atoms with E-state index in [9.17, 15) is 4.79 Å². The number of carbonyl (C=O) groups excluding carboxylic acids is 1.